The number of fused-ring (bicyclic) bond motifs is 2. The third-order valence-corrected chi connectivity index (χ3v) is 5.87. The number of hydrogen-bond donors (Lipinski definition) is 2. The van der Waals surface area contributed by atoms with Gasteiger partial charge >= 0.3 is 0 Å². The van der Waals surface area contributed by atoms with Crippen molar-refractivity contribution in [3.05, 3.63) is 53.6 Å². The van der Waals surface area contributed by atoms with E-state index in [0.29, 0.717) is 24.9 Å². The molecule has 1 unspecified atom stereocenters. The van der Waals surface area contributed by atoms with Crippen LogP contribution in [0.25, 0.3) is 0 Å². The van der Waals surface area contributed by atoms with Gasteiger partial charge in [0.05, 0.1) is 24.0 Å². The topological polar surface area (TPSA) is 106 Å². The van der Waals surface area contributed by atoms with Crippen LogP contribution in [0.4, 0.5) is 11.4 Å². The van der Waals surface area contributed by atoms with E-state index in [1.165, 1.54) is 0 Å². The quantitative estimate of drug-likeness (QED) is 0.816. The van der Waals surface area contributed by atoms with E-state index in [4.69, 9.17) is 14.6 Å². The summed E-state index contributed by atoms with van der Waals surface area (Å²) in [7, 11) is -3.82. The van der Waals surface area contributed by atoms with Gasteiger partial charge in [-0.15, -0.1) is 0 Å². The van der Waals surface area contributed by atoms with E-state index in [1.807, 2.05) is 24.3 Å². The first-order valence-electron chi connectivity index (χ1n) is 9.09. The van der Waals surface area contributed by atoms with Crippen molar-refractivity contribution < 1.29 is 17.9 Å². The SMILES string of the molecule is CCN(c1ccc2c(c1)COC(NC1CCOc3ccccc31)=N2)S(N)(=O)=O. The van der Waals surface area contributed by atoms with Gasteiger partial charge in [-0.25, -0.2) is 5.14 Å². The molecule has 2 aliphatic heterocycles. The van der Waals surface area contributed by atoms with Gasteiger partial charge in [0.2, 0.25) is 0 Å². The summed E-state index contributed by atoms with van der Waals surface area (Å²) in [5.41, 5.74) is 3.12. The Morgan fingerprint density at radius 3 is 2.86 bits per heavy atom. The Morgan fingerprint density at radius 1 is 1.25 bits per heavy atom. The first-order chi connectivity index (χ1) is 13.5. The number of aliphatic imine (C=N–C) groups is 1. The molecule has 0 fully saturated rings. The van der Waals surface area contributed by atoms with E-state index < -0.39 is 10.2 Å². The number of ether oxygens (including phenoxy) is 2. The summed E-state index contributed by atoms with van der Waals surface area (Å²) in [5.74, 6) is 0.871. The second-order valence-corrected chi connectivity index (χ2v) is 8.07. The first kappa shape index (κ1) is 18.6. The number of amidine groups is 1. The van der Waals surface area contributed by atoms with Gasteiger partial charge in [-0.05, 0) is 31.2 Å². The fourth-order valence-corrected chi connectivity index (χ4v) is 4.23. The Labute approximate surface area is 164 Å². The Kier molecular flexibility index (Phi) is 4.86. The van der Waals surface area contributed by atoms with Gasteiger partial charge in [-0.2, -0.15) is 13.4 Å². The van der Waals surface area contributed by atoms with E-state index in [9.17, 15) is 8.42 Å². The number of hydrogen-bond acceptors (Lipinski definition) is 6. The van der Waals surface area contributed by atoms with Crippen molar-refractivity contribution in [3.8, 4) is 5.75 Å². The van der Waals surface area contributed by atoms with Gasteiger partial charge in [-0.3, -0.25) is 4.31 Å². The van der Waals surface area contributed by atoms with Crippen LogP contribution in [0.15, 0.2) is 47.5 Å². The van der Waals surface area contributed by atoms with Crippen molar-refractivity contribution in [2.75, 3.05) is 17.5 Å². The molecular formula is C19H22N4O4S. The molecule has 0 aliphatic carbocycles. The van der Waals surface area contributed by atoms with Crippen LogP contribution in [0.5, 0.6) is 5.75 Å². The molecule has 2 aromatic carbocycles. The lowest BCUT2D eigenvalue weighted by atomic mass is 10.0. The summed E-state index contributed by atoms with van der Waals surface area (Å²) in [5, 5.41) is 8.63. The van der Waals surface area contributed by atoms with E-state index in [-0.39, 0.29) is 12.6 Å². The second kappa shape index (κ2) is 7.33. The van der Waals surface area contributed by atoms with Gasteiger partial charge in [0.1, 0.15) is 12.4 Å². The summed E-state index contributed by atoms with van der Waals surface area (Å²) in [6.07, 6.45) is 0.811. The van der Waals surface area contributed by atoms with Crippen LogP contribution in [-0.4, -0.2) is 27.6 Å². The molecule has 2 aliphatic rings. The lowest BCUT2D eigenvalue weighted by molar-refractivity contribution is 0.237. The van der Waals surface area contributed by atoms with Gasteiger partial charge in [0.15, 0.2) is 0 Å². The fraction of sp³-hybridized carbons (Fsp3) is 0.316. The number of anilines is 1. The number of rotatable bonds is 4. The molecule has 9 heteroatoms. The normalized spacial score (nSPS) is 18.1. The zero-order valence-corrected chi connectivity index (χ0v) is 16.3. The molecule has 0 bridgehead atoms. The van der Waals surface area contributed by atoms with Gasteiger partial charge < -0.3 is 14.8 Å². The number of para-hydroxylation sites is 1. The molecule has 0 amide bonds. The average Bonchev–Trinajstić information content (AvgIpc) is 2.68. The van der Waals surface area contributed by atoms with Gasteiger partial charge in [0, 0.05) is 24.1 Å². The predicted octanol–water partition coefficient (Wildman–Crippen LogP) is 2.35. The molecule has 0 spiro atoms. The molecule has 28 heavy (non-hydrogen) atoms. The summed E-state index contributed by atoms with van der Waals surface area (Å²) in [4.78, 5) is 4.54. The van der Waals surface area contributed by atoms with Crippen molar-refractivity contribution in [2.45, 2.75) is 26.0 Å². The molecule has 0 saturated heterocycles. The van der Waals surface area contributed by atoms with E-state index in [0.717, 1.165) is 33.3 Å². The third kappa shape index (κ3) is 3.63. The predicted molar refractivity (Wildman–Crippen MR) is 107 cm³/mol. The zero-order valence-electron chi connectivity index (χ0n) is 15.5. The average molecular weight is 402 g/mol. The summed E-state index contributed by atoms with van der Waals surface area (Å²) in [6, 6.07) is 13.6. The van der Waals surface area contributed by atoms with Crippen LogP contribution in [0.1, 0.15) is 30.5 Å². The van der Waals surface area contributed by atoms with Crippen molar-refractivity contribution in [1.82, 2.24) is 5.32 Å². The molecule has 8 nitrogen and oxygen atoms in total. The van der Waals surface area contributed by atoms with Crippen LogP contribution < -0.4 is 19.5 Å². The Hall–Kier alpha value is -2.78. The number of nitrogens with two attached hydrogens (primary N) is 1. The summed E-state index contributed by atoms with van der Waals surface area (Å²) >= 11 is 0. The minimum atomic E-state index is -3.82. The highest BCUT2D eigenvalue weighted by molar-refractivity contribution is 7.90. The van der Waals surface area contributed by atoms with Crippen molar-refractivity contribution in [2.24, 2.45) is 10.1 Å². The van der Waals surface area contributed by atoms with E-state index in [1.54, 1.807) is 25.1 Å². The Balaban J connectivity index is 1.57. The maximum atomic E-state index is 11.7. The highest BCUT2D eigenvalue weighted by Gasteiger charge is 2.25. The second-order valence-electron chi connectivity index (χ2n) is 6.60. The van der Waals surface area contributed by atoms with E-state index >= 15 is 0 Å². The molecule has 1 atom stereocenters. The molecule has 2 heterocycles. The summed E-state index contributed by atoms with van der Waals surface area (Å²) in [6.45, 7) is 2.90. The van der Waals surface area contributed by atoms with Crippen LogP contribution in [0, 0.1) is 0 Å². The lowest BCUT2D eigenvalue weighted by Crippen LogP contribution is -2.36. The van der Waals surface area contributed by atoms with Crippen LogP contribution in [-0.2, 0) is 21.6 Å². The third-order valence-electron chi connectivity index (χ3n) is 4.79. The summed E-state index contributed by atoms with van der Waals surface area (Å²) < 4.78 is 36.1. The minimum Gasteiger partial charge on any atom is -0.493 e. The van der Waals surface area contributed by atoms with E-state index in [2.05, 4.69) is 10.3 Å². The first-order valence-corrected chi connectivity index (χ1v) is 10.6. The molecule has 148 valence electrons. The van der Waals surface area contributed by atoms with Gasteiger partial charge in [0.25, 0.3) is 16.2 Å². The number of benzene rings is 2. The monoisotopic (exact) mass is 402 g/mol. The van der Waals surface area contributed by atoms with Gasteiger partial charge in [-0.1, -0.05) is 18.2 Å². The smallest absolute Gasteiger partial charge is 0.298 e. The molecule has 3 N–H and O–H groups in total. The van der Waals surface area contributed by atoms with Crippen LogP contribution in [0.3, 0.4) is 0 Å². The maximum absolute atomic E-state index is 11.7. The zero-order chi connectivity index (χ0) is 19.7. The van der Waals surface area contributed by atoms with Crippen LogP contribution in [0.2, 0.25) is 0 Å². The molecule has 0 aromatic heterocycles. The number of nitrogens with zero attached hydrogens (tertiary/aromatic N) is 2. The highest BCUT2D eigenvalue weighted by atomic mass is 32.2. The largest absolute Gasteiger partial charge is 0.493 e. The standard InChI is InChI=1S/C19H22N4O4S/c1-2-23(28(20,24)25)14-7-8-16-13(11-14)12-27-19(21-16)22-17-9-10-26-18-6-4-3-5-15(17)18/h3-8,11,17H,2,9-10,12H2,1H3,(H,21,22)(H2,20,24,25). The Bertz CT molecular complexity index is 1020. The fourth-order valence-electron chi connectivity index (χ4n) is 3.46. The molecule has 0 saturated carbocycles. The number of nitrogens with one attached hydrogen (secondary N) is 1. The highest BCUT2D eigenvalue weighted by Crippen LogP contribution is 2.33. The molecule has 0 radical (unpaired) electrons. The molecule has 4 rings (SSSR count). The lowest BCUT2D eigenvalue weighted by Gasteiger charge is -2.29. The minimum absolute atomic E-state index is 0.0579. The molecular weight excluding hydrogens is 380 g/mol. The van der Waals surface area contributed by atoms with Crippen LogP contribution >= 0.6 is 0 Å². The Morgan fingerprint density at radius 2 is 2.07 bits per heavy atom. The molecule has 2 aromatic rings. The van der Waals surface area contributed by atoms with Crippen molar-refractivity contribution >= 4 is 27.6 Å². The van der Waals surface area contributed by atoms with Crippen molar-refractivity contribution in [1.29, 1.82) is 0 Å². The maximum Gasteiger partial charge on any atom is 0.298 e. The van der Waals surface area contributed by atoms with Crippen molar-refractivity contribution in [3.63, 3.8) is 0 Å².